The molecule has 2 amide bonds. The lowest BCUT2D eigenvalue weighted by Gasteiger charge is -2.31. The highest BCUT2D eigenvalue weighted by Crippen LogP contribution is 2.52. The Morgan fingerprint density at radius 2 is 1.68 bits per heavy atom. The molecule has 0 unspecified atom stereocenters. The normalized spacial score (nSPS) is 25.1. The summed E-state index contributed by atoms with van der Waals surface area (Å²) in [7, 11) is 0. The van der Waals surface area contributed by atoms with Gasteiger partial charge in [0.2, 0.25) is 11.8 Å². The minimum absolute atomic E-state index is 0.0894. The van der Waals surface area contributed by atoms with Crippen molar-refractivity contribution in [3.63, 3.8) is 0 Å². The number of hydrogen-bond acceptors (Lipinski definition) is 5. The van der Waals surface area contributed by atoms with Gasteiger partial charge in [-0.05, 0) is 42.0 Å². The molecule has 8 nitrogen and oxygen atoms in total. The number of nitrogens with one attached hydrogen (secondary N) is 2. The third-order valence-electron chi connectivity index (χ3n) is 7.54. The Morgan fingerprint density at radius 1 is 0.973 bits per heavy atom. The molecule has 9 heteroatoms. The van der Waals surface area contributed by atoms with Crippen molar-refractivity contribution in [2.24, 2.45) is 11.8 Å². The number of aliphatic carboxylic acids is 1. The number of carboxylic acids is 1. The minimum Gasteiger partial charge on any atom is -0.508 e. The molecule has 37 heavy (non-hydrogen) atoms. The van der Waals surface area contributed by atoms with Crippen molar-refractivity contribution in [2.75, 3.05) is 4.90 Å². The van der Waals surface area contributed by atoms with E-state index in [1.807, 2.05) is 24.3 Å². The second-order valence-electron chi connectivity index (χ2n) is 9.49. The summed E-state index contributed by atoms with van der Waals surface area (Å²) in [6.45, 7) is 0. The predicted molar refractivity (Wildman–Crippen MR) is 132 cm³/mol. The number of carbonyl (C=O) groups is 3. The van der Waals surface area contributed by atoms with Crippen LogP contribution < -0.4 is 10.2 Å². The highest BCUT2D eigenvalue weighted by Gasteiger charge is 2.69. The fourth-order valence-electron chi connectivity index (χ4n) is 5.88. The molecule has 6 rings (SSSR count). The van der Waals surface area contributed by atoms with Crippen LogP contribution in [0, 0.1) is 17.7 Å². The summed E-state index contributed by atoms with van der Waals surface area (Å²) in [6, 6.07) is 17.7. The van der Waals surface area contributed by atoms with Crippen molar-refractivity contribution in [2.45, 2.75) is 18.0 Å². The quantitative estimate of drug-likeness (QED) is 0.312. The van der Waals surface area contributed by atoms with Crippen molar-refractivity contribution >= 4 is 34.4 Å². The molecule has 3 heterocycles. The Bertz CT molecular complexity index is 1570. The molecule has 4 N–H and O–H groups in total. The van der Waals surface area contributed by atoms with Gasteiger partial charge < -0.3 is 15.2 Å². The van der Waals surface area contributed by atoms with Crippen molar-refractivity contribution in [1.82, 2.24) is 10.3 Å². The Kier molecular flexibility index (Phi) is 5.13. The second-order valence-corrected chi connectivity index (χ2v) is 9.49. The summed E-state index contributed by atoms with van der Waals surface area (Å²) in [5.41, 5.74) is 0.105. The van der Waals surface area contributed by atoms with Crippen LogP contribution in [0.1, 0.15) is 17.2 Å². The third kappa shape index (κ3) is 3.35. The molecular formula is C28H22FN3O5. The van der Waals surface area contributed by atoms with E-state index in [4.69, 9.17) is 0 Å². The van der Waals surface area contributed by atoms with Gasteiger partial charge in [-0.3, -0.25) is 19.7 Å². The summed E-state index contributed by atoms with van der Waals surface area (Å²) in [6.07, 6.45) is 1.62. The lowest BCUT2D eigenvalue weighted by Crippen LogP contribution is -2.57. The number of hydrogen-bond donors (Lipinski definition) is 4. The summed E-state index contributed by atoms with van der Waals surface area (Å²) in [5.74, 6) is -5.61. The maximum Gasteiger partial charge on any atom is 0.325 e. The zero-order valence-electron chi connectivity index (χ0n) is 19.4. The minimum atomic E-state index is -1.86. The first kappa shape index (κ1) is 22.9. The van der Waals surface area contributed by atoms with Crippen LogP contribution in [0.2, 0.25) is 0 Å². The number of aromatic nitrogens is 1. The molecule has 0 bridgehead atoms. The number of amides is 2. The van der Waals surface area contributed by atoms with E-state index in [2.05, 4.69) is 10.3 Å². The Balaban J connectivity index is 1.52. The number of anilines is 1. The van der Waals surface area contributed by atoms with E-state index in [0.29, 0.717) is 11.1 Å². The van der Waals surface area contributed by atoms with Crippen LogP contribution in [0.4, 0.5) is 10.1 Å². The molecule has 0 radical (unpaired) electrons. The number of nitrogens with zero attached hydrogens (tertiary/aromatic N) is 1. The molecule has 4 atom stereocenters. The summed E-state index contributed by atoms with van der Waals surface area (Å²) >= 11 is 0. The molecule has 4 aromatic rings. The lowest BCUT2D eigenvalue weighted by atomic mass is 9.76. The Hall–Kier alpha value is -4.50. The van der Waals surface area contributed by atoms with Gasteiger partial charge in [-0.2, -0.15) is 0 Å². The summed E-state index contributed by atoms with van der Waals surface area (Å²) in [4.78, 5) is 44.8. The van der Waals surface area contributed by atoms with Gasteiger partial charge in [-0.15, -0.1) is 0 Å². The van der Waals surface area contributed by atoms with Gasteiger partial charge in [0.25, 0.3) is 0 Å². The maximum atomic E-state index is 13.9. The monoisotopic (exact) mass is 499 g/mol. The molecule has 2 fully saturated rings. The Morgan fingerprint density at radius 3 is 2.41 bits per heavy atom. The second kappa shape index (κ2) is 8.28. The first-order chi connectivity index (χ1) is 17.8. The van der Waals surface area contributed by atoms with Crippen LogP contribution in [0.25, 0.3) is 10.9 Å². The van der Waals surface area contributed by atoms with E-state index in [1.165, 1.54) is 18.2 Å². The van der Waals surface area contributed by atoms with Crippen LogP contribution in [0.3, 0.4) is 0 Å². The number of phenols is 1. The van der Waals surface area contributed by atoms with E-state index in [-0.39, 0.29) is 17.9 Å². The molecular weight excluding hydrogens is 477 g/mol. The third-order valence-corrected chi connectivity index (χ3v) is 7.54. The van der Waals surface area contributed by atoms with Gasteiger partial charge in [-0.1, -0.05) is 36.4 Å². The number of H-pyrrole nitrogens is 1. The summed E-state index contributed by atoms with van der Waals surface area (Å²) in [5, 5.41) is 25.2. The zero-order valence-corrected chi connectivity index (χ0v) is 19.4. The van der Waals surface area contributed by atoms with Crippen molar-refractivity contribution < 1.29 is 29.0 Å². The maximum absolute atomic E-state index is 13.9. The highest BCUT2D eigenvalue weighted by atomic mass is 19.1. The van der Waals surface area contributed by atoms with Crippen molar-refractivity contribution in [1.29, 1.82) is 0 Å². The van der Waals surface area contributed by atoms with Crippen LogP contribution in [-0.2, 0) is 20.8 Å². The molecule has 2 aliphatic heterocycles. The van der Waals surface area contributed by atoms with E-state index < -0.39 is 47.0 Å². The average Bonchev–Trinajstić information content (AvgIpc) is 3.53. The number of carboxylic acid groups (broad SMARTS) is 1. The lowest BCUT2D eigenvalue weighted by molar-refractivity contribution is -0.148. The molecule has 186 valence electrons. The van der Waals surface area contributed by atoms with Gasteiger partial charge in [0.1, 0.15) is 17.1 Å². The van der Waals surface area contributed by atoms with E-state index in [1.54, 1.807) is 24.4 Å². The fourth-order valence-corrected chi connectivity index (χ4v) is 5.88. The first-order valence-electron chi connectivity index (χ1n) is 11.8. The standard InChI is InChI=1S/C28H22FN3O5/c29-16-9-11-17(12-10-16)32-25(34)22-23(26(32)35)28(27(36)37,31-24(22)19-6-2-4-8-21(19)33)13-15-14-30-20-7-3-1-5-18(15)20/h1-12,14,22-24,30-31,33H,13H2,(H,36,37)/t22-,23+,24-,28-/m0/s1. The van der Waals surface area contributed by atoms with E-state index in [0.717, 1.165) is 27.9 Å². The number of imide groups is 1. The SMILES string of the molecule is O=C1[C@@H]2[C@H](c3ccccc3O)N[C@](Cc3c[nH]c4ccccc34)(C(=O)O)[C@H]2C(=O)N1c1ccc(F)cc1. The van der Waals surface area contributed by atoms with E-state index in [9.17, 15) is 29.0 Å². The highest BCUT2D eigenvalue weighted by molar-refractivity contribution is 6.24. The number of benzene rings is 3. The van der Waals surface area contributed by atoms with Gasteiger partial charge >= 0.3 is 5.97 Å². The largest absolute Gasteiger partial charge is 0.508 e. The molecule has 0 saturated carbocycles. The van der Waals surface area contributed by atoms with Crippen molar-refractivity contribution in [3.8, 4) is 5.75 Å². The number of aromatic amines is 1. The smallest absolute Gasteiger partial charge is 0.325 e. The van der Waals surface area contributed by atoms with Gasteiger partial charge in [0.15, 0.2) is 0 Å². The number of para-hydroxylation sites is 2. The Labute approximate surface area is 210 Å². The van der Waals surface area contributed by atoms with Gasteiger partial charge in [-0.25, -0.2) is 9.29 Å². The number of rotatable bonds is 5. The van der Waals surface area contributed by atoms with E-state index >= 15 is 0 Å². The number of halogens is 1. The van der Waals surface area contributed by atoms with Crippen molar-refractivity contribution in [3.05, 3.63) is 95.9 Å². The number of phenolic OH excluding ortho intramolecular Hbond substituents is 1. The number of aromatic hydroxyl groups is 1. The molecule has 2 saturated heterocycles. The van der Waals surface area contributed by atoms with Crippen LogP contribution in [-0.4, -0.2) is 38.5 Å². The number of carbonyl (C=O) groups excluding carboxylic acids is 2. The first-order valence-corrected chi connectivity index (χ1v) is 11.8. The summed E-state index contributed by atoms with van der Waals surface area (Å²) < 4.78 is 13.6. The van der Waals surface area contributed by atoms with Gasteiger partial charge in [0.05, 0.1) is 17.5 Å². The molecule has 2 aliphatic rings. The zero-order chi connectivity index (χ0) is 25.9. The molecule has 0 aliphatic carbocycles. The predicted octanol–water partition coefficient (Wildman–Crippen LogP) is 3.53. The average molecular weight is 499 g/mol. The fraction of sp³-hybridized carbons (Fsp3) is 0.179. The number of fused-ring (bicyclic) bond motifs is 2. The van der Waals surface area contributed by atoms with Crippen LogP contribution in [0.5, 0.6) is 5.75 Å². The topological polar surface area (TPSA) is 123 Å². The molecule has 1 aromatic heterocycles. The molecule has 0 spiro atoms. The van der Waals surface area contributed by atoms with Gasteiger partial charge in [0, 0.05) is 35.1 Å². The van der Waals surface area contributed by atoms with Crippen LogP contribution >= 0.6 is 0 Å². The van der Waals surface area contributed by atoms with Crippen LogP contribution in [0.15, 0.2) is 79.0 Å². The molecule has 3 aromatic carbocycles.